The van der Waals surface area contributed by atoms with E-state index >= 15 is 0 Å². The second-order valence-corrected chi connectivity index (χ2v) is 7.68. The Morgan fingerprint density at radius 2 is 1.81 bits per heavy atom. The molecule has 0 saturated carbocycles. The van der Waals surface area contributed by atoms with Gasteiger partial charge in [0.25, 0.3) is 11.8 Å². The highest BCUT2D eigenvalue weighted by atomic mass is 16.5. The molecule has 0 atom stereocenters. The fourth-order valence-electron chi connectivity index (χ4n) is 3.84. The van der Waals surface area contributed by atoms with Crippen molar-refractivity contribution in [3.63, 3.8) is 0 Å². The van der Waals surface area contributed by atoms with E-state index in [2.05, 4.69) is 10.3 Å². The number of imide groups is 1. The van der Waals surface area contributed by atoms with Crippen molar-refractivity contribution in [2.45, 2.75) is 27.3 Å². The van der Waals surface area contributed by atoms with Gasteiger partial charge in [-0.1, -0.05) is 42.0 Å². The summed E-state index contributed by atoms with van der Waals surface area (Å²) in [5.74, 6) is -0.0873. The number of amides is 2. The lowest BCUT2D eigenvalue weighted by Crippen LogP contribution is -2.32. The summed E-state index contributed by atoms with van der Waals surface area (Å²) in [6, 6.07) is 16.9. The normalized spacial score (nSPS) is 13.7. The summed E-state index contributed by atoms with van der Waals surface area (Å²) in [4.78, 5) is 32.4. The van der Waals surface area contributed by atoms with Crippen molar-refractivity contribution in [3.05, 3.63) is 94.9 Å². The molecule has 0 saturated heterocycles. The maximum absolute atomic E-state index is 13.5. The van der Waals surface area contributed by atoms with Crippen molar-refractivity contribution < 1.29 is 14.3 Å². The van der Waals surface area contributed by atoms with Gasteiger partial charge in [0.05, 0.1) is 24.4 Å². The van der Waals surface area contributed by atoms with Crippen LogP contribution in [0.4, 0.5) is 5.69 Å². The van der Waals surface area contributed by atoms with E-state index in [4.69, 9.17) is 4.74 Å². The average Bonchev–Trinajstić information content (AvgIpc) is 3.00. The first-order valence-corrected chi connectivity index (χ1v) is 10.6. The molecule has 0 unspecified atom stereocenters. The summed E-state index contributed by atoms with van der Waals surface area (Å²) in [6.07, 6.45) is 3.32. The van der Waals surface area contributed by atoms with Crippen LogP contribution >= 0.6 is 0 Å². The maximum atomic E-state index is 13.5. The number of carbonyl (C=O) groups excluding carboxylic acids is 2. The molecule has 4 rings (SSSR count). The first-order chi connectivity index (χ1) is 15.5. The summed E-state index contributed by atoms with van der Waals surface area (Å²) < 4.78 is 5.71. The Bertz CT molecular complexity index is 1200. The highest BCUT2D eigenvalue weighted by Crippen LogP contribution is 2.35. The number of benzene rings is 2. The third-order valence-electron chi connectivity index (χ3n) is 5.33. The van der Waals surface area contributed by atoms with Gasteiger partial charge in [-0.3, -0.25) is 19.5 Å². The van der Waals surface area contributed by atoms with Crippen LogP contribution in [0.5, 0.6) is 5.75 Å². The number of aromatic nitrogens is 1. The predicted molar refractivity (Wildman–Crippen MR) is 124 cm³/mol. The number of aryl methyl sites for hydroxylation is 2. The Morgan fingerprint density at radius 3 is 2.53 bits per heavy atom. The number of nitrogens with one attached hydrogen (secondary N) is 1. The SMILES string of the molecule is CCOc1ccccc1NC1=C(c2ccc(C)cc2C)C(=O)N(Cc2cccnc2)C1=O. The standard InChI is InChI=1S/C26H25N3O3/c1-4-32-22-10-6-5-9-21(22)28-24-23(20-12-11-17(2)14-18(20)3)25(30)29(26(24)31)16-19-8-7-13-27-15-19/h5-15,28H,4,16H2,1-3H3. The largest absolute Gasteiger partial charge is 0.492 e. The van der Waals surface area contributed by atoms with Crippen molar-refractivity contribution in [1.82, 2.24) is 9.88 Å². The van der Waals surface area contributed by atoms with Gasteiger partial charge >= 0.3 is 0 Å². The van der Waals surface area contributed by atoms with Crippen LogP contribution in [0.2, 0.25) is 0 Å². The molecule has 6 nitrogen and oxygen atoms in total. The van der Waals surface area contributed by atoms with Gasteiger partial charge < -0.3 is 10.1 Å². The van der Waals surface area contributed by atoms with Crippen LogP contribution in [0.1, 0.15) is 29.2 Å². The molecule has 0 bridgehead atoms. The molecule has 2 heterocycles. The molecule has 1 aromatic heterocycles. The molecule has 3 aromatic rings. The van der Waals surface area contributed by atoms with E-state index in [1.54, 1.807) is 18.5 Å². The molecule has 6 heteroatoms. The number of pyridine rings is 1. The first kappa shape index (κ1) is 21.3. The lowest BCUT2D eigenvalue weighted by Gasteiger charge is -2.16. The molecular weight excluding hydrogens is 402 g/mol. The van der Waals surface area contributed by atoms with E-state index in [1.807, 2.05) is 69.3 Å². The van der Waals surface area contributed by atoms with Crippen molar-refractivity contribution in [1.29, 1.82) is 0 Å². The van der Waals surface area contributed by atoms with Crippen LogP contribution < -0.4 is 10.1 Å². The molecule has 1 N–H and O–H groups in total. The molecule has 32 heavy (non-hydrogen) atoms. The van der Waals surface area contributed by atoms with Crippen LogP contribution in [0, 0.1) is 13.8 Å². The maximum Gasteiger partial charge on any atom is 0.278 e. The van der Waals surface area contributed by atoms with Gasteiger partial charge in [-0.25, -0.2) is 0 Å². The number of carbonyl (C=O) groups is 2. The van der Waals surface area contributed by atoms with Crippen molar-refractivity contribution >= 4 is 23.1 Å². The highest BCUT2D eigenvalue weighted by Gasteiger charge is 2.40. The zero-order chi connectivity index (χ0) is 22.7. The molecule has 2 aromatic carbocycles. The summed E-state index contributed by atoms with van der Waals surface area (Å²) in [6.45, 7) is 6.48. The lowest BCUT2D eigenvalue weighted by molar-refractivity contribution is -0.137. The number of anilines is 1. The summed E-state index contributed by atoms with van der Waals surface area (Å²) >= 11 is 0. The van der Waals surface area contributed by atoms with Gasteiger partial charge in [0.2, 0.25) is 0 Å². The van der Waals surface area contributed by atoms with Gasteiger partial charge in [0.15, 0.2) is 0 Å². The average molecular weight is 428 g/mol. The highest BCUT2D eigenvalue weighted by molar-refractivity contribution is 6.36. The Morgan fingerprint density at radius 1 is 1.00 bits per heavy atom. The third-order valence-corrected chi connectivity index (χ3v) is 5.33. The minimum absolute atomic E-state index is 0.151. The Balaban J connectivity index is 1.80. The van der Waals surface area contributed by atoms with E-state index in [0.717, 1.165) is 22.3 Å². The number of hydrogen-bond acceptors (Lipinski definition) is 5. The van der Waals surface area contributed by atoms with Crippen molar-refractivity contribution in [2.75, 3.05) is 11.9 Å². The number of ether oxygens (including phenoxy) is 1. The zero-order valence-corrected chi connectivity index (χ0v) is 18.4. The van der Waals surface area contributed by atoms with Gasteiger partial charge in [-0.05, 0) is 55.7 Å². The minimum Gasteiger partial charge on any atom is -0.492 e. The molecule has 162 valence electrons. The van der Waals surface area contributed by atoms with E-state index in [1.165, 1.54) is 4.90 Å². The summed E-state index contributed by atoms with van der Waals surface area (Å²) in [5.41, 5.74) is 4.79. The van der Waals surface area contributed by atoms with Gasteiger partial charge in [0.1, 0.15) is 11.4 Å². The molecule has 1 aliphatic heterocycles. The van der Waals surface area contributed by atoms with E-state index < -0.39 is 0 Å². The molecule has 1 aliphatic rings. The first-order valence-electron chi connectivity index (χ1n) is 10.6. The fraction of sp³-hybridized carbons (Fsp3) is 0.192. The van der Waals surface area contributed by atoms with Gasteiger partial charge in [-0.2, -0.15) is 0 Å². The topological polar surface area (TPSA) is 71.5 Å². The molecule has 0 aliphatic carbocycles. The van der Waals surface area contributed by atoms with Crippen molar-refractivity contribution in [3.8, 4) is 5.75 Å². The predicted octanol–water partition coefficient (Wildman–Crippen LogP) is 4.49. The van der Waals surface area contributed by atoms with Crippen LogP contribution in [0.3, 0.4) is 0 Å². The van der Waals surface area contributed by atoms with E-state index in [9.17, 15) is 9.59 Å². The van der Waals surface area contributed by atoms with Gasteiger partial charge in [-0.15, -0.1) is 0 Å². The second kappa shape index (κ2) is 9.06. The zero-order valence-electron chi connectivity index (χ0n) is 18.4. The quantitative estimate of drug-likeness (QED) is 0.563. The van der Waals surface area contributed by atoms with Crippen LogP contribution in [-0.4, -0.2) is 28.3 Å². The second-order valence-electron chi connectivity index (χ2n) is 7.68. The number of nitrogens with zero attached hydrogens (tertiary/aromatic N) is 2. The number of para-hydroxylation sites is 2. The minimum atomic E-state index is -0.375. The number of rotatable bonds is 7. The Labute approximate surface area is 187 Å². The smallest absolute Gasteiger partial charge is 0.278 e. The Hall–Kier alpha value is -3.93. The Kier molecular flexibility index (Phi) is 6.03. The number of hydrogen-bond donors (Lipinski definition) is 1. The summed E-state index contributed by atoms with van der Waals surface area (Å²) in [7, 11) is 0. The van der Waals surface area contributed by atoms with Crippen LogP contribution in [-0.2, 0) is 16.1 Å². The van der Waals surface area contributed by atoms with Crippen molar-refractivity contribution in [2.24, 2.45) is 0 Å². The molecule has 2 amide bonds. The lowest BCUT2D eigenvalue weighted by atomic mass is 9.97. The van der Waals surface area contributed by atoms with E-state index in [-0.39, 0.29) is 24.1 Å². The monoisotopic (exact) mass is 427 g/mol. The van der Waals surface area contributed by atoms with E-state index in [0.29, 0.717) is 23.6 Å². The molecule has 0 radical (unpaired) electrons. The van der Waals surface area contributed by atoms with Gasteiger partial charge in [0, 0.05) is 12.4 Å². The molecular formula is C26H25N3O3. The fourth-order valence-corrected chi connectivity index (χ4v) is 3.84. The summed E-state index contributed by atoms with van der Waals surface area (Å²) in [5, 5.41) is 3.21. The third kappa shape index (κ3) is 4.12. The van der Waals surface area contributed by atoms with Crippen LogP contribution in [0.15, 0.2) is 72.7 Å². The molecule has 0 spiro atoms. The molecule has 0 fully saturated rings. The van der Waals surface area contributed by atoms with Crippen LogP contribution in [0.25, 0.3) is 5.57 Å².